The molecule has 24 heavy (non-hydrogen) atoms. The number of fused-ring (bicyclic) bond motifs is 4. The van der Waals surface area contributed by atoms with Crippen molar-refractivity contribution >= 4 is 16.6 Å². The number of nitrogens with zero attached hydrogens (tertiary/aromatic N) is 3. The summed E-state index contributed by atoms with van der Waals surface area (Å²) in [5.41, 5.74) is 5.61. The van der Waals surface area contributed by atoms with Crippen molar-refractivity contribution in [2.24, 2.45) is 0 Å². The fourth-order valence-corrected chi connectivity index (χ4v) is 3.55. The quantitative estimate of drug-likeness (QED) is 0.548. The highest BCUT2D eigenvalue weighted by Crippen LogP contribution is 2.32. The van der Waals surface area contributed by atoms with E-state index in [2.05, 4.69) is 17.2 Å². The van der Waals surface area contributed by atoms with Crippen LogP contribution in [-0.4, -0.2) is 14.6 Å². The summed E-state index contributed by atoms with van der Waals surface area (Å²) in [7, 11) is 0. The maximum absolute atomic E-state index is 6.18. The van der Waals surface area contributed by atoms with Crippen LogP contribution < -0.4 is 4.74 Å². The Bertz CT molecular complexity index is 1080. The Kier molecular flexibility index (Phi) is 2.86. The van der Waals surface area contributed by atoms with Gasteiger partial charge in [-0.05, 0) is 61.6 Å². The number of hydrogen-bond donors (Lipinski definition) is 0. The van der Waals surface area contributed by atoms with Crippen LogP contribution in [-0.2, 0) is 12.8 Å². The van der Waals surface area contributed by atoms with Crippen LogP contribution in [0.15, 0.2) is 48.5 Å². The molecule has 2 aromatic carbocycles. The molecule has 2 heterocycles. The van der Waals surface area contributed by atoms with Crippen molar-refractivity contribution in [3.63, 3.8) is 0 Å². The molecule has 0 unspecified atom stereocenters. The van der Waals surface area contributed by atoms with Crippen LogP contribution in [0.4, 0.5) is 0 Å². The monoisotopic (exact) mass is 315 g/mol. The molecule has 4 nitrogen and oxygen atoms in total. The smallest absolute Gasteiger partial charge is 0.230 e. The molecule has 0 saturated carbocycles. The SMILES string of the molecule is Cc1cc2nc(Oc3ccc4c(c3)CCC4)c3ccccc3n2n1. The van der Waals surface area contributed by atoms with Crippen molar-refractivity contribution in [3.8, 4) is 11.6 Å². The van der Waals surface area contributed by atoms with E-state index in [-0.39, 0.29) is 0 Å². The van der Waals surface area contributed by atoms with Gasteiger partial charge in [-0.15, -0.1) is 0 Å². The molecule has 4 heteroatoms. The lowest BCUT2D eigenvalue weighted by molar-refractivity contribution is 0.469. The molecule has 1 aliphatic rings. The summed E-state index contributed by atoms with van der Waals surface area (Å²) in [5, 5.41) is 5.50. The molecule has 4 aromatic rings. The van der Waals surface area contributed by atoms with Gasteiger partial charge in [-0.2, -0.15) is 10.1 Å². The molecule has 0 aliphatic heterocycles. The Morgan fingerprint density at radius 1 is 1.00 bits per heavy atom. The van der Waals surface area contributed by atoms with E-state index in [1.165, 1.54) is 24.0 Å². The number of aryl methyl sites for hydroxylation is 3. The highest BCUT2D eigenvalue weighted by Gasteiger charge is 2.14. The minimum atomic E-state index is 0.635. The van der Waals surface area contributed by atoms with E-state index in [0.717, 1.165) is 34.4 Å². The molecule has 0 spiro atoms. The first-order chi connectivity index (χ1) is 11.8. The van der Waals surface area contributed by atoms with E-state index < -0.39 is 0 Å². The summed E-state index contributed by atoms with van der Waals surface area (Å²) >= 11 is 0. The lowest BCUT2D eigenvalue weighted by Gasteiger charge is -2.10. The van der Waals surface area contributed by atoms with Crippen molar-refractivity contribution in [2.45, 2.75) is 26.2 Å². The van der Waals surface area contributed by atoms with E-state index in [0.29, 0.717) is 5.88 Å². The van der Waals surface area contributed by atoms with E-state index in [1.807, 2.05) is 47.8 Å². The van der Waals surface area contributed by atoms with Gasteiger partial charge in [0.1, 0.15) is 5.75 Å². The second-order valence-electron chi connectivity index (χ2n) is 6.38. The van der Waals surface area contributed by atoms with Crippen LogP contribution in [0, 0.1) is 6.92 Å². The van der Waals surface area contributed by atoms with Gasteiger partial charge in [0.25, 0.3) is 0 Å². The van der Waals surface area contributed by atoms with E-state index in [9.17, 15) is 0 Å². The van der Waals surface area contributed by atoms with Crippen LogP contribution in [0.3, 0.4) is 0 Å². The number of hydrogen-bond acceptors (Lipinski definition) is 3. The van der Waals surface area contributed by atoms with Crippen molar-refractivity contribution < 1.29 is 4.74 Å². The van der Waals surface area contributed by atoms with Crippen LogP contribution >= 0.6 is 0 Å². The van der Waals surface area contributed by atoms with Gasteiger partial charge in [-0.1, -0.05) is 18.2 Å². The van der Waals surface area contributed by atoms with Crippen LogP contribution in [0.25, 0.3) is 16.6 Å². The predicted molar refractivity (Wildman–Crippen MR) is 93.8 cm³/mol. The van der Waals surface area contributed by atoms with Crippen molar-refractivity contribution in [3.05, 3.63) is 65.4 Å². The van der Waals surface area contributed by atoms with Gasteiger partial charge >= 0.3 is 0 Å². The molecule has 0 bridgehead atoms. The van der Waals surface area contributed by atoms with Gasteiger partial charge in [0, 0.05) is 6.07 Å². The Hall–Kier alpha value is -2.88. The third kappa shape index (κ3) is 2.07. The number of benzene rings is 2. The van der Waals surface area contributed by atoms with Crippen LogP contribution in [0.5, 0.6) is 11.6 Å². The first-order valence-electron chi connectivity index (χ1n) is 8.33. The Morgan fingerprint density at radius 2 is 1.88 bits per heavy atom. The molecule has 0 fully saturated rings. The molecular weight excluding hydrogens is 298 g/mol. The molecule has 0 amide bonds. The topological polar surface area (TPSA) is 39.4 Å². The van der Waals surface area contributed by atoms with E-state index in [4.69, 9.17) is 9.72 Å². The molecule has 0 atom stereocenters. The summed E-state index contributed by atoms with van der Waals surface area (Å²) in [4.78, 5) is 4.69. The zero-order valence-corrected chi connectivity index (χ0v) is 13.5. The number of ether oxygens (including phenoxy) is 1. The normalized spacial score (nSPS) is 13.5. The van der Waals surface area contributed by atoms with Gasteiger partial charge in [-0.3, -0.25) is 0 Å². The van der Waals surface area contributed by atoms with Gasteiger partial charge in [-0.25, -0.2) is 4.52 Å². The lowest BCUT2D eigenvalue weighted by Crippen LogP contribution is -1.97. The Morgan fingerprint density at radius 3 is 2.83 bits per heavy atom. The second kappa shape index (κ2) is 5.06. The maximum atomic E-state index is 6.18. The fourth-order valence-electron chi connectivity index (χ4n) is 3.55. The molecule has 0 saturated heterocycles. The zero-order valence-electron chi connectivity index (χ0n) is 13.5. The van der Waals surface area contributed by atoms with Crippen LogP contribution in [0.1, 0.15) is 23.2 Å². The van der Waals surface area contributed by atoms with Gasteiger partial charge in [0.2, 0.25) is 5.88 Å². The summed E-state index contributed by atoms with van der Waals surface area (Å²) in [5.74, 6) is 1.49. The van der Waals surface area contributed by atoms with Crippen molar-refractivity contribution in [1.82, 2.24) is 14.6 Å². The molecule has 1 aliphatic carbocycles. The Labute approximate surface area is 139 Å². The third-order valence-corrected chi connectivity index (χ3v) is 4.68. The zero-order chi connectivity index (χ0) is 16.1. The minimum Gasteiger partial charge on any atom is -0.438 e. The van der Waals surface area contributed by atoms with Gasteiger partial charge in [0.05, 0.1) is 16.6 Å². The first-order valence-corrected chi connectivity index (χ1v) is 8.33. The third-order valence-electron chi connectivity index (χ3n) is 4.68. The average Bonchev–Trinajstić information content (AvgIpc) is 3.20. The highest BCUT2D eigenvalue weighted by molar-refractivity contribution is 5.86. The molecular formula is C20H17N3O. The first kappa shape index (κ1) is 13.5. The fraction of sp³-hybridized carbons (Fsp3) is 0.200. The van der Waals surface area contributed by atoms with E-state index in [1.54, 1.807) is 0 Å². The van der Waals surface area contributed by atoms with Gasteiger partial charge in [0.15, 0.2) is 5.65 Å². The molecule has 5 rings (SSSR count). The number of para-hydroxylation sites is 1. The Balaban J connectivity index is 1.67. The van der Waals surface area contributed by atoms with Crippen LogP contribution in [0.2, 0.25) is 0 Å². The van der Waals surface area contributed by atoms with E-state index >= 15 is 0 Å². The predicted octanol–water partition coefficient (Wildman–Crippen LogP) is 4.47. The molecule has 0 N–H and O–H groups in total. The summed E-state index contributed by atoms with van der Waals surface area (Å²) in [6, 6.07) is 16.5. The maximum Gasteiger partial charge on any atom is 0.230 e. The van der Waals surface area contributed by atoms with Gasteiger partial charge < -0.3 is 4.74 Å². The average molecular weight is 315 g/mol. The molecule has 118 valence electrons. The number of rotatable bonds is 2. The molecule has 2 aromatic heterocycles. The summed E-state index contributed by atoms with van der Waals surface area (Å²) in [6.45, 7) is 1.98. The summed E-state index contributed by atoms with van der Waals surface area (Å²) < 4.78 is 8.06. The lowest BCUT2D eigenvalue weighted by atomic mass is 10.1. The van der Waals surface area contributed by atoms with Crippen molar-refractivity contribution in [1.29, 1.82) is 0 Å². The largest absolute Gasteiger partial charge is 0.438 e. The standard InChI is InChI=1S/C20H17N3O/c1-13-11-19-21-20(17-7-2-3-8-18(17)23(19)22-13)24-16-10-9-14-5-4-6-15(14)12-16/h2-3,7-12H,4-6H2,1H3. The molecule has 0 radical (unpaired) electrons. The number of aromatic nitrogens is 3. The minimum absolute atomic E-state index is 0.635. The highest BCUT2D eigenvalue weighted by atomic mass is 16.5. The summed E-state index contributed by atoms with van der Waals surface area (Å²) in [6.07, 6.45) is 3.56. The second-order valence-corrected chi connectivity index (χ2v) is 6.38. The van der Waals surface area contributed by atoms with Crippen molar-refractivity contribution in [2.75, 3.05) is 0 Å².